The number of aliphatic hydroxyl groups is 1. The summed E-state index contributed by atoms with van der Waals surface area (Å²) in [4.78, 5) is 0. The lowest BCUT2D eigenvalue weighted by molar-refractivity contribution is -0.0633. The lowest BCUT2D eigenvalue weighted by Crippen LogP contribution is -2.44. The van der Waals surface area contributed by atoms with Gasteiger partial charge in [0.15, 0.2) is 0 Å². The molecular weight excluding hydrogens is 190 g/mol. The Morgan fingerprint density at radius 2 is 2.13 bits per heavy atom. The van der Waals surface area contributed by atoms with Crippen LogP contribution in [0.5, 0.6) is 0 Å². The van der Waals surface area contributed by atoms with Gasteiger partial charge in [-0.1, -0.05) is 0 Å². The third kappa shape index (κ3) is 5.50. The summed E-state index contributed by atoms with van der Waals surface area (Å²) in [6.45, 7) is 9.69. The molecule has 3 nitrogen and oxygen atoms in total. The zero-order valence-electron chi connectivity index (χ0n) is 10.5. The highest BCUT2D eigenvalue weighted by Crippen LogP contribution is 2.23. The zero-order chi connectivity index (χ0) is 11.5. The van der Waals surface area contributed by atoms with Crippen LogP contribution in [0.4, 0.5) is 0 Å². The van der Waals surface area contributed by atoms with E-state index in [1.54, 1.807) is 0 Å². The van der Waals surface area contributed by atoms with E-state index in [0.29, 0.717) is 6.04 Å². The molecule has 1 saturated heterocycles. The van der Waals surface area contributed by atoms with Crippen molar-refractivity contribution in [3.05, 3.63) is 0 Å². The van der Waals surface area contributed by atoms with Gasteiger partial charge in [-0.05, 0) is 53.5 Å². The number of rotatable bonds is 4. The standard InChI is InChI=1S/C12H25NO2/c1-11(2,14)6-7-13-10-5-8-15-12(3,4)9-10/h10,13-14H,5-9H2,1-4H3. The van der Waals surface area contributed by atoms with Gasteiger partial charge in [0.2, 0.25) is 0 Å². The first-order valence-corrected chi connectivity index (χ1v) is 5.88. The van der Waals surface area contributed by atoms with E-state index < -0.39 is 5.60 Å². The van der Waals surface area contributed by atoms with Crippen LogP contribution in [0.1, 0.15) is 47.0 Å². The van der Waals surface area contributed by atoms with Crippen molar-refractivity contribution >= 4 is 0 Å². The van der Waals surface area contributed by atoms with E-state index in [1.165, 1.54) is 0 Å². The molecule has 90 valence electrons. The molecule has 15 heavy (non-hydrogen) atoms. The van der Waals surface area contributed by atoms with E-state index in [2.05, 4.69) is 19.2 Å². The Balaban J connectivity index is 2.22. The van der Waals surface area contributed by atoms with Gasteiger partial charge >= 0.3 is 0 Å². The van der Waals surface area contributed by atoms with E-state index in [-0.39, 0.29) is 5.60 Å². The van der Waals surface area contributed by atoms with Crippen LogP contribution in [0.2, 0.25) is 0 Å². The Labute approximate surface area is 93.2 Å². The summed E-state index contributed by atoms with van der Waals surface area (Å²) in [6.07, 6.45) is 2.93. The normalized spacial score (nSPS) is 26.6. The molecule has 1 fully saturated rings. The minimum Gasteiger partial charge on any atom is -0.390 e. The van der Waals surface area contributed by atoms with Gasteiger partial charge in [0.05, 0.1) is 11.2 Å². The summed E-state index contributed by atoms with van der Waals surface area (Å²) in [5, 5.41) is 13.1. The third-order valence-corrected chi connectivity index (χ3v) is 2.87. The average molecular weight is 215 g/mol. The van der Waals surface area contributed by atoms with Crippen molar-refractivity contribution in [2.24, 2.45) is 0 Å². The molecule has 0 bridgehead atoms. The highest BCUT2D eigenvalue weighted by Gasteiger charge is 2.28. The summed E-state index contributed by atoms with van der Waals surface area (Å²) >= 11 is 0. The van der Waals surface area contributed by atoms with Gasteiger partial charge < -0.3 is 15.2 Å². The van der Waals surface area contributed by atoms with Crippen LogP contribution in [0.3, 0.4) is 0 Å². The smallest absolute Gasteiger partial charge is 0.0641 e. The molecule has 1 atom stereocenters. The number of ether oxygens (including phenoxy) is 1. The molecule has 0 aromatic rings. The Morgan fingerprint density at radius 1 is 1.47 bits per heavy atom. The Kier molecular flexibility index (Phi) is 4.15. The molecule has 2 N–H and O–H groups in total. The van der Waals surface area contributed by atoms with E-state index >= 15 is 0 Å². The van der Waals surface area contributed by atoms with E-state index in [9.17, 15) is 5.11 Å². The van der Waals surface area contributed by atoms with Gasteiger partial charge in [-0.25, -0.2) is 0 Å². The van der Waals surface area contributed by atoms with Crippen molar-refractivity contribution in [3.8, 4) is 0 Å². The molecule has 0 aromatic heterocycles. The fourth-order valence-corrected chi connectivity index (χ4v) is 1.99. The summed E-state index contributed by atoms with van der Waals surface area (Å²) < 4.78 is 5.65. The van der Waals surface area contributed by atoms with Crippen LogP contribution >= 0.6 is 0 Å². The van der Waals surface area contributed by atoms with E-state index in [1.807, 2.05) is 13.8 Å². The predicted octanol–water partition coefficient (Wildman–Crippen LogP) is 1.69. The van der Waals surface area contributed by atoms with Crippen molar-refractivity contribution < 1.29 is 9.84 Å². The molecule has 0 radical (unpaired) electrons. The number of hydrogen-bond acceptors (Lipinski definition) is 3. The lowest BCUT2D eigenvalue weighted by atomic mass is 9.93. The maximum Gasteiger partial charge on any atom is 0.0641 e. The maximum absolute atomic E-state index is 9.59. The minimum absolute atomic E-state index is 0.00461. The van der Waals surface area contributed by atoms with Gasteiger partial charge in [0.1, 0.15) is 0 Å². The van der Waals surface area contributed by atoms with Crippen LogP contribution in [-0.4, -0.2) is 35.5 Å². The van der Waals surface area contributed by atoms with Crippen molar-refractivity contribution in [1.82, 2.24) is 5.32 Å². The lowest BCUT2D eigenvalue weighted by Gasteiger charge is -2.36. The van der Waals surface area contributed by atoms with Crippen LogP contribution in [-0.2, 0) is 4.74 Å². The summed E-state index contributed by atoms with van der Waals surface area (Å²) in [6, 6.07) is 0.538. The highest BCUT2D eigenvalue weighted by molar-refractivity contribution is 4.83. The number of nitrogens with one attached hydrogen (secondary N) is 1. The topological polar surface area (TPSA) is 41.5 Å². The molecule has 0 aromatic carbocycles. The van der Waals surface area contributed by atoms with E-state index in [4.69, 9.17) is 4.74 Å². The molecule has 0 aliphatic carbocycles. The first kappa shape index (κ1) is 12.9. The fraction of sp³-hybridized carbons (Fsp3) is 1.00. The van der Waals surface area contributed by atoms with Gasteiger partial charge in [0, 0.05) is 12.6 Å². The average Bonchev–Trinajstić information content (AvgIpc) is 1.99. The third-order valence-electron chi connectivity index (χ3n) is 2.87. The molecule has 1 aliphatic rings. The molecule has 0 spiro atoms. The predicted molar refractivity (Wildman–Crippen MR) is 62.0 cm³/mol. The minimum atomic E-state index is -0.562. The first-order chi connectivity index (χ1) is 6.79. The van der Waals surface area contributed by atoms with Gasteiger partial charge in [0.25, 0.3) is 0 Å². The first-order valence-electron chi connectivity index (χ1n) is 5.88. The van der Waals surface area contributed by atoms with Crippen molar-refractivity contribution in [2.75, 3.05) is 13.2 Å². The van der Waals surface area contributed by atoms with Crippen LogP contribution < -0.4 is 5.32 Å². The number of hydrogen-bond donors (Lipinski definition) is 2. The molecule has 1 rings (SSSR count). The van der Waals surface area contributed by atoms with Gasteiger partial charge in [-0.15, -0.1) is 0 Å². The maximum atomic E-state index is 9.59. The van der Waals surface area contributed by atoms with Crippen molar-refractivity contribution in [2.45, 2.75) is 64.2 Å². The Morgan fingerprint density at radius 3 is 2.67 bits per heavy atom. The van der Waals surface area contributed by atoms with Crippen LogP contribution in [0, 0.1) is 0 Å². The summed E-state index contributed by atoms with van der Waals surface area (Å²) in [5.41, 5.74) is -0.557. The fourth-order valence-electron chi connectivity index (χ4n) is 1.99. The molecule has 0 amide bonds. The molecule has 3 heteroatoms. The van der Waals surface area contributed by atoms with E-state index in [0.717, 1.165) is 32.4 Å². The summed E-state index contributed by atoms with van der Waals surface area (Å²) in [7, 11) is 0. The largest absolute Gasteiger partial charge is 0.390 e. The molecule has 1 heterocycles. The second-order valence-corrected chi connectivity index (χ2v) is 5.81. The molecule has 1 aliphatic heterocycles. The molecule has 0 saturated carbocycles. The Hall–Kier alpha value is -0.120. The Bertz CT molecular complexity index is 196. The van der Waals surface area contributed by atoms with Crippen LogP contribution in [0.15, 0.2) is 0 Å². The van der Waals surface area contributed by atoms with Gasteiger partial charge in [-0.2, -0.15) is 0 Å². The SMILES string of the molecule is CC(C)(O)CCNC1CCOC(C)(C)C1. The zero-order valence-corrected chi connectivity index (χ0v) is 10.5. The quantitative estimate of drug-likeness (QED) is 0.750. The van der Waals surface area contributed by atoms with Crippen molar-refractivity contribution in [3.63, 3.8) is 0 Å². The molecule has 1 unspecified atom stereocenters. The van der Waals surface area contributed by atoms with Crippen LogP contribution in [0.25, 0.3) is 0 Å². The molecular formula is C12H25NO2. The van der Waals surface area contributed by atoms with Crippen molar-refractivity contribution in [1.29, 1.82) is 0 Å². The second-order valence-electron chi connectivity index (χ2n) is 5.81. The summed E-state index contributed by atoms with van der Waals surface area (Å²) in [5.74, 6) is 0. The monoisotopic (exact) mass is 215 g/mol. The second kappa shape index (κ2) is 4.81. The van der Waals surface area contributed by atoms with Gasteiger partial charge in [-0.3, -0.25) is 0 Å². The highest BCUT2D eigenvalue weighted by atomic mass is 16.5.